The van der Waals surface area contributed by atoms with Gasteiger partial charge in [0.05, 0.1) is 40.2 Å². The fourth-order valence-electron chi connectivity index (χ4n) is 3.51. The largest absolute Gasteiger partial charge is 0.493 e. The van der Waals surface area contributed by atoms with E-state index in [4.69, 9.17) is 18.9 Å². The number of carbonyl (C=O) groups is 1. The van der Waals surface area contributed by atoms with Gasteiger partial charge in [-0.1, -0.05) is 35.0 Å². The number of fused-ring (bicyclic) bond motifs is 1. The fraction of sp³-hybridized carbons (Fsp3) is 0.318. The van der Waals surface area contributed by atoms with E-state index in [2.05, 4.69) is 15.6 Å². The van der Waals surface area contributed by atoms with Crippen molar-refractivity contribution in [3.05, 3.63) is 58.9 Å². The highest BCUT2D eigenvalue weighted by atomic mass is 16.5. The molecule has 1 aliphatic heterocycles. The number of nitrogens with zero attached hydrogens (tertiary/aromatic N) is 3. The molecule has 0 unspecified atom stereocenters. The molecule has 2 aromatic carbocycles. The molecule has 3 aromatic rings. The van der Waals surface area contributed by atoms with Gasteiger partial charge in [0, 0.05) is 17.8 Å². The Morgan fingerprint density at radius 2 is 1.77 bits per heavy atom. The van der Waals surface area contributed by atoms with Crippen LogP contribution in [0.4, 0.5) is 5.69 Å². The van der Waals surface area contributed by atoms with E-state index in [1.807, 2.05) is 31.2 Å². The second-order valence-electron chi connectivity index (χ2n) is 7.15. The molecule has 1 aromatic heterocycles. The first-order chi connectivity index (χ1) is 15.0. The summed E-state index contributed by atoms with van der Waals surface area (Å²) in [5.74, 6) is 0.922. The highest BCUT2D eigenvalue weighted by Gasteiger charge is 2.28. The number of nitrogens with one attached hydrogen (secondary N) is 1. The summed E-state index contributed by atoms with van der Waals surface area (Å²) >= 11 is 0. The van der Waals surface area contributed by atoms with Crippen molar-refractivity contribution < 1.29 is 23.7 Å². The number of amides is 1. The second kappa shape index (κ2) is 8.65. The van der Waals surface area contributed by atoms with Gasteiger partial charge in [0.25, 0.3) is 5.91 Å². The van der Waals surface area contributed by atoms with Crippen LogP contribution in [0, 0.1) is 6.92 Å². The quantitative estimate of drug-likeness (QED) is 0.649. The minimum Gasteiger partial charge on any atom is -0.493 e. The molecule has 0 bridgehead atoms. The lowest BCUT2D eigenvalue weighted by atomic mass is 10.1. The highest BCUT2D eigenvalue weighted by molar-refractivity contribution is 6.03. The standard InChI is InChI=1S/C22H24N4O5/c1-13-5-7-14(8-6-13)19-11-26-16(12-31-19)20(24-25-26)22(27)23-15-9-17(28-2)21(30-4)18(10-15)29-3/h5-10,19H,11-12H2,1-4H3,(H,23,27)/t19-/m0/s1. The minimum absolute atomic E-state index is 0.138. The van der Waals surface area contributed by atoms with E-state index in [1.165, 1.54) is 26.9 Å². The lowest BCUT2D eigenvalue weighted by molar-refractivity contribution is -0.00171. The van der Waals surface area contributed by atoms with Gasteiger partial charge in [0.15, 0.2) is 17.2 Å². The summed E-state index contributed by atoms with van der Waals surface area (Å²) in [6.45, 7) is 2.77. The average Bonchev–Trinajstić information content (AvgIpc) is 3.22. The monoisotopic (exact) mass is 424 g/mol. The molecule has 4 rings (SSSR count). The van der Waals surface area contributed by atoms with E-state index >= 15 is 0 Å². The molecule has 1 amide bonds. The summed E-state index contributed by atoms with van der Waals surface area (Å²) in [4.78, 5) is 12.9. The van der Waals surface area contributed by atoms with Gasteiger partial charge in [-0.25, -0.2) is 4.68 Å². The van der Waals surface area contributed by atoms with Crippen LogP contribution in [0.3, 0.4) is 0 Å². The minimum atomic E-state index is -0.395. The zero-order chi connectivity index (χ0) is 22.0. The normalized spacial score (nSPS) is 15.2. The third kappa shape index (κ3) is 4.04. The summed E-state index contributed by atoms with van der Waals surface area (Å²) in [7, 11) is 4.55. The number of aryl methyl sites for hydroxylation is 1. The Balaban J connectivity index is 1.53. The van der Waals surface area contributed by atoms with Gasteiger partial charge < -0.3 is 24.3 Å². The third-order valence-electron chi connectivity index (χ3n) is 5.18. The molecule has 0 aliphatic carbocycles. The molecule has 0 saturated carbocycles. The van der Waals surface area contributed by atoms with Crippen LogP contribution in [0.25, 0.3) is 0 Å². The van der Waals surface area contributed by atoms with E-state index in [0.29, 0.717) is 35.2 Å². The Morgan fingerprint density at radius 1 is 1.10 bits per heavy atom. The first-order valence-electron chi connectivity index (χ1n) is 9.76. The molecule has 1 N–H and O–H groups in total. The molecular weight excluding hydrogens is 400 g/mol. The number of ether oxygens (including phenoxy) is 4. The van der Waals surface area contributed by atoms with E-state index in [0.717, 1.165) is 5.56 Å². The van der Waals surface area contributed by atoms with Gasteiger partial charge >= 0.3 is 0 Å². The molecule has 9 heteroatoms. The summed E-state index contributed by atoms with van der Waals surface area (Å²) in [6.07, 6.45) is -0.138. The number of carbonyl (C=O) groups excluding carboxylic acids is 1. The van der Waals surface area contributed by atoms with Gasteiger partial charge in [-0.05, 0) is 12.5 Å². The maximum atomic E-state index is 12.9. The molecular formula is C22H24N4O5. The van der Waals surface area contributed by atoms with Crippen LogP contribution in [-0.2, 0) is 17.9 Å². The van der Waals surface area contributed by atoms with Gasteiger partial charge in [0.1, 0.15) is 6.10 Å². The first-order valence-corrected chi connectivity index (χ1v) is 9.76. The van der Waals surface area contributed by atoms with Gasteiger partial charge in [-0.3, -0.25) is 4.79 Å². The Morgan fingerprint density at radius 3 is 2.39 bits per heavy atom. The van der Waals surface area contributed by atoms with Crippen molar-refractivity contribution in [2.45, 2.75) is 26.2 Å². The van der Waals surface area contributed by atoms with Gasteiger partial charge in [-0.2, -0.15) is 0 Å². The maximum Gasteiger partial charge on any atom is 0.278 e. The van der Waals surface area contributed by atoms with Crippen LogP contribution in [0.15, 0.2) is 36.4 Å². The van der Waals surface area contributed by atoms with Crippen LogP contribution in [0.2, 0.25) is 0 Å². The summed E-state index contributed by atoms with van der Waals surface area (Å²) in [5.41, 5.74) is 3.59. The van der Waals surface area contributed by atoms with E-state index in [1.54, 1.807) is 16.8 Å². The van der Waals surface area contributed by atoms with Crippen molar-refractivity contribution in [3.8, 4) is 17.2 Å². The van der Waals surface area contributed by atoms with Gasteiger partial charge in [0.2, 0.25) is 5.75 Å². The third-order valence-corrected chi connectivity index (χ3v) is 5.18. The first kappa shape index (κ1) is 20.7. The van der Waals surface area contributed by atoms with Gasteiger partial charge in [-0.15, -0.1) is 5.10 Å². The van der Waals surface area contributed by atoms with Crippen molar-refractivity contribution in [2.75, 3.05) is 26.6 Å². The zero-order valence-electron chi connectivity index (χ0n) is 17.8. The average molecular weight is 424 g/mol. The Labute approximate surface area is 179 Å². The maximum absolute atomic E-state index is 12.9. The molecule has 0 radical (unpaired) electrons. The molecule has 2 heterocycles. The number of hydrogen-bond acceptors (Lipinski definition) is 7. The molecule has 31 heavy (non-hydrogen) atoms. The molecule has 0 saturated heterocycles. The number of benzene rings is 2. The lowest BCUT2D eigenvalue weighted by Crippen LogP contribution is -2.24. The number of anilines is 1. The predicted molar refractivity (Wildman–Crippen MR) is 113 cm³/mol. The topological polar surface area (TPSA) is 96.7 Å². The van der Waals surface area contributed by atoms with Crippen LogP contribution < -0.4 is 19.5 Å². The molecule has 0 spiro atoms. The number of hydrogen-bond donors (Lipinski definition) is 1. The van der Waals surface area contributed by atoms with E-state index in [-0.39, 0.29) is 18.4 Å². The van der Waals surface area contributed by atoms with Crippen LogP contribution in [0.5, 0.6) is 17.2 Å². The zero-order valence-corrected chi connectivity index (χ0v) is 17.8. The lowest BCUT2D eigenvalue weighted by Gasteiger charge is -2.24. The molecule has 1 aliphatic rings. The Hall–Kier alpha value is -3.59. The van der Waals surface area contributed by atoms with Crippen LogP contribution in [-0.4, -0.2) is 42.2 Å². The molecule has 0 fully saturated rings. The van der Waals surface area contributed by atoms with Crippen molar-refractivity contribution in [1.29, 1.82) is 0 Å². The van der Waals surface area contributed by atoms with Crippen LogP contribution >= 0.6 is 0 Å². The Bertz CT molecular complexity index is 1070. The van der Waals surface area contributed by atoms with Crippen molar-refractivity contribution in [1.82, 2.24) is 15.0 Å². The van der Waals surface area contributed by atoms with Crippen LogP contribution in [0.1, 0.15) is 33.4 Å². The molecule has 9 nitrogen and oxygen atoms in total. The number of aromatic nitrogens is 3. The number of rotatable bonds is 6. The molecule has 162 valence electrons. The predicted octanol–water partition coefficient (Wildman–Crippen LogP) is 3.14. The summed E-state index contributed by atoms with van der Waals surface area (Å²) < 4.78 is 23.7. The van der Waals surface area contributed by atoms with E-state index < -0.39 is 5.91 Å². The molecule has 1 atom stereocenters. The smallest absolute Gasteiger partial charge is 0.278 e. The van der Waals surface area contributed by atoms with E-state index in [9.17, 15) is 4.79 Å². The summed E-state index contributed by atoms with van der Waals surface area (Å²) in [5, 5.41) is 11.1. The number of methoxy groups -OCH3 is 3. The second-order valence-corrected chi connectivity index (χ2v) is 7.15. The van der Waals surface area contributed by atoms with Crippen molar-refractivity contribution in [2.24, 2.45) is 0 Å². The Kier molecular flexibility index (Phi) is 5.77. The SMILES string of the molecule is COc1cc(NC(=O)c2nnn3c2CO[C@H](c2ccc(C)cc2)C3)cc(OC)c1OC. The van der Waals surface area contributed by atoms with Crippen molar-refractivity contribution in [3.63, 3.8) is 0 Å². The fourth-order valence-corrected chi connectivity index (χ4v) is 3.51. The highest BCUT2D eigenvalue weighted by Crippen LogP contribution is 2.40. The summed E-state index contributed by atoms with van der Waals surface area (Å²) in [6, 6.07) is 11.5. The van der Waals surface area contributed by atoms with Crippen molar-refractivity contribution >= 4 is 11.6 Å².